The second kappa shape index (κ2) is 11.3. The summed E-state index contributed by atoms with van der Waals surface area (Å²) in [6.07, 6.45) is 4.90. The Balaban J connectivity index is 1.39. The van der Waals surface area contributed by atoms with E-state index in [1.54, 1.807) is 42.5 Å². The Morgan fingerprint density at radius 1 is 1.02 bits per heavy atom. The van der Waals surface area contributed by atoms with Gasteiger partial charge in [-0.25, -0.2) is 4.98 Å². The smallest absolute Gasteiger partial charge is 0.274 e. The van der Waals surface area contributed by atoms with Gasteiger partial charge in [0.2, 0.25) is 11.8 Å². The Morgan fingerprint density at radius 3 is 2.60 bits per heavy atom. The van der Waals surface area contributed by atoms with Gasteiger partial charge in [-0.15, -0.1) is 0 Å². The van der Waals surface area contributed by atoms with Crippen LogP contribution in [-0.4, -0.2) is 46.2 Å². The molecular weight excluding hydrogens is 534 g/mol. The summed E-state index contributed by atoms with van der Waals surface area (Å²) in [5.41, 5.74) is 3.50. The molecule has 0 radical (unpaired) electrons. The molecule has 0 aliphatic rings. The molecule has 12 heteroatoms. The average molecular weight is 564 g/mol. The first kappa shape index (κ1) is 26.8. The maximum absolute atomic E-state index is 12.7. The van der Waals surface area contributed by atoms with E-state index < -0.39 is 6.04 Å². The summed E-state index contributed by atoms with van der Waals surface area (Å²) in [6, 6.07) is 18.3. The van der Waals surface area contributed by atoms with Gasteiger partial charge >= 0.3 is 0 Å². The van der Waals surface area contributed by atoms with Crippen LogP contribution in [0, 0.1) is 0 Å². The number of hydrogen-bond donors (Lipinski definition) is 3. The first-order valence-electron chi connectivity index (χ1n) is 13.4. The van der Waals surface area contributed by atoms with Gasteiger partial charge in [0.25, 0.3) is 11.4 Å². The second-order valence-electron chi connectivity index (χ2n) is 10.0. The van der Waals surface area contributed by atoms with Crippen molar-refractivity contribution in [1.29, 1.82) is 0 Å². The molecule has 1 atom stereocenters. The van der Waals surface area contributed by atoms with E-state index in [4.69, 9.17) is 9.51 Å². The fourth-order valence-corrected chi connectivity index (χ4v) is 4.91. The highest BCUT2D eigenvalue weighted by molar-refractivity contribution is 5.83. The van der Waals surface area contributed by atoms with Gasteiger partial charge in [-0.3, -0.25) is 19.1 Å². The van der Waals surface area contributed by atoms with E-state index >= 15 is 0 Å². The SMILES string of the molecule is CC(C)n1c2cc(Nc3ncc(-c4nc(-c5cccnc5)no4)c(N[C@H](CO)c4ccccc4)n3)ccc2c(=O)n1C. The van der Waals surface area contributed by atoms with Crippen molar-refractivity contribution in [2.75, 3.05) is 17.2 Å². The van der Waals surface area contributed by atoms with Gasteiger partial charge in [-0.05, 0) is 49.7 Å². The Morgan fingerprint density at radius 2 is 1.86 bits per heavy atom. The summed E-state index contributed by atoms with van der Waals surface area (Å²) in [5, 5.41) is 21.6. The van der Waals surface area contributed by atoms with Gasteiger partial charge in [0.1, 0.15) is 11.4 Å². The first-order valence-corrected chi connectivity index (χ1v) is 13.4. The van der Waals surface area contributed by atoms with Crippen molar-refractivity contribution in [3.05, 3.63) is 95.2 Å². The summed E-state index contributed by atoms with van der Waals surface area (Å²) < 4.78 is 9.16. The van der Waals surface area contributed by atoms with Crippen molar-refractivity contribution in [1.82, 2.24) is 34.5 Å². The quantitative estimate of drug-likeness (QED) is 0.226. The maximum atomic E-state index is 12.7. The first-order chi connectivity index (χ1) is 20.4. The average Bonchev–Trinajstić information content (AvgIpc) is 3.60. The van der Waals surface area contributed by atoms with Crippen LogP contribution in [0.15, 0.2) is 88.6 Å². The lowest BCUT2D eigenvalue weighted by Crippen LogP contribution is -2.20. The van der Waals surface area contributed by atoms with Crippen LogP contribution in [0.3, 0.4) is 0 Å². The molecule has 3 N–H and O–H groups in total. The predicted octanol–water partition coefficient (Wildman–Crippen LogP) is 4.71. The van der Waals surface area contributed by atoms with Gasteiger partial charge in [0.05, 0.1) is 23.6 Å². The highest BCUT2D eigenvalue weighted by atomic mass is 16.5. The molecule has 212 valence electrons. The zero-order chi connectivity index (χ0) is 29.2. The van der Waals surface area contributed by atoms with Gasteiger partial charge in [0.15, 0.2) is 0 Å². The Bertz CT molecular complexity index is 1900. The number of benzene rings is 2. The molecule has 4 heterocycles. The number of aromatic nitrogens is 7. The molecule has 12 nitrogen and oxygen atoms in total. The molecular formula is C30H29N9O3. The Labute approximate surface area is 240 Å². The molecule has 0 unspecified atom stereocenters. The predicted molar refractivity (Wildman–Crippen MR) is 159 cm³/mol. The number of fused-ring (bicyclic) bond motifs is 1. The van der Waals surface area contributed by atoms with E-state index in [1.807, 2.05) is 67.1 Å². The fourth-order valence-electron chi connectivity index (χ4n) is 4.91. The number of nitrogens with one attached hydrogen (secondary N) is 2. The number of anilines is 3. The third-order valence-electron chi connectivity index (χ3n) is 6.90. The molecule has 4 aromatic heterocycles. The molecule has 42 heavy (non-hydrogen) atoms. The summed E-state index contributed by atoms with van der Waals surface area (Å²) in [6.45, 7) is 3.87. The third-order valence-corrected chi connectivity index (χ3v) is 6.90. The molecule has 2 aromatic carbocycles. The number of aliphatic hydroxyl groups is 1. The summed E-state index contributed by atoms with van der Waals surface area (Å²) in [4.78, 5) is 30.7. The molecule has 0 saturated carbocycles. The number of hydrogen-bond acceptors (Lipinski definition) is 10. The van der Waals surface area contributed by atoms with Crippen LogP contribution in [0.1, 0.15) is 31.5 Å². The standard InChI is InChI=1S/C30H29N9O3/c1-18(2)39-25-14-21(11-12-22(25)29(41)38(39)3)33-30-32-16-23(28-35-26(37-42-28)20-10-7-13-31-15-20)27(36-30)34-24(17-40)19-8-5-4-6-9-19/h4-16,18,24,40H,17H2,1-3H3,(H2,32,33,34,36)/t24-/m1/s1. The van der Waals surface area contributed by atoms with E-state index in [0.717, 1.165) is 11.1 Å². The van der Waals surface area contributed by atoms with Crippen LogP contribution < -0.4 is 16.2 Å². The minimum absolute atomic E-state index is 0.0569. The molecule has 6 rings (SSSR count). The largest absolute Gasteiger partial charge is 0.394 e. The van der Waals surface area contributed by atoms with Crippen LogP contribution in [0.2, 0.25) is 0 Å². The van der Waals surface area contributed by atoms with E-state index in [2.05, 4.69) is 30.7 Å². The normalized spacial score (nSPS) is 12.1. The molecule has 0 bridgehead atoms. The maximum Gasteiger partial charge on any atom is 0.274 e. The minimum Gasteiger partial charge on any atom is -0.394 e. The van der Waals surface area contributed by atoms with Crippen LogP contribution in [0.4, 0.5) is 17.5 Å². The number of nitrogens with zero attached hydrogens (tertiary/aromatic N) is 7. The summed E-state index contributed by atoms with van der Waals surface area (Å²) >= 11 is 0. The lowest BCUT2D eigenvalue weighted by Gasteiger charge is -2.19. The highest BCUT2D eigenvalue weighted by Crippen LogP contribution is 2.31. The van der Waals surface area contributed by atoms with Gasteiger partial charge in [0, 0.05) is 42.9 Å². The number of pyridine rings is 1. The highest BCUT2D eigenvalue weighted by Gasteiger charge is 2.21. The van der Waals surface area contributed by atoms with Crippen molar-refractivity contribution in [2.24, 2.45) is 7.05 Å². The van der Waals surface area contributed by atoms with Crippen LogP contribution in [0.25, 0.3) is 33.7 Å². The van der Waals surface area contributed by atoms with Crippen molar-refractivity contribution < 1.29 is 9.63 Å². The molecule has 0 amide bonds. The van der Waals surface area contributed by atoms with Crippen molar-refractivity contribution in [2.45, 2.75) is 25.9 Å². The number of aliphatic hydroxyl groups excluding tert-OH is 1. The zero-order valence-electron chi connectivity index (χ0n) is 23.3. The summed E-state index contributed by atoms with van der Waals surface area (Å²) in [7, 11) is 1.76. The zero-order valence-corrected chi connectivity index (χ0v) is 23.3. The summed E-state index contributed by atoms with van der Waals surface area (Å²) in [5.74, 6) is 1.27. The topological polar surface area (TPSA) is 149 Å². The van der Waals surface area contributed by atoms with E-state index in [9.17, 15) is 9.90 Å². The molecule has 0 fully saturated rings. The van der Waals surface area contributed by atoms with Crippen LogP contribution in [0.5, 0.6) is 0 Å². The van der Waals surface area contributed by atoms with Crippen LogP contribution >= 0.6 is 0 Å². The van der Waals surface area contributed by atoms with Crippen molar-refractivity contribution >= 4 is 28.4 Å². The van der Waals surface area contributed by atoms with E-state index in [0.29, 0.717) is 39.8 Å². The van der Waals surface area contributed by atoms with E-state index in [1.165, 1.54) is 0 Å². The molecule has 0 aliphatic carbocycles. The number of rotatable bonds is 9. The molecule has 0 saturated heterocycles. The van der Waals surface area contributed by atoms with Gasteiger partial charge < -0.3 is 20.3 Å². The third kappa shape index (κ3) is 5.10. The molecule has 0 aliphatic heterocycles. The molecule has 6 aromatic rings. The van der Waals surface area contributed by atoms with E-state index in [-0.39, 0.29) is 24.1 Å². The molecule has 0 spiro atoms. The van der Waals surface area contributed by atoms with Gasteiger partial charge in [-0.2, -0.15) is 9.97 Å². The lowest BCUT2D eigenvalue weighted by molar-refractivity contribution is 0.276. The van der Waals surface area contributed by atoms with Crippen molar-refractivity contribution in [3.8, 4) is 22.8 Å². The Hall–Kier alpha value is -5.36. The lowest BCUT2D eigenvalue weighted by atomic mass is 10.1. The minimum atomic E-state index is -0.463. The Kier molecular flexibility index (Phi) is 7.19. The fraction of sp³-hybridized carbons (Fsp3) is 0.200. The second-order valence-corrected chi connectivity index (χ2v) is 10.0. The van der Waals surface area contributed by atoms with Crippen molar-refractivity contribution in [3.63, 3.8) is 0 Å². The van der Waals surface area contributed by atoms with Gasteiger partial charge in [-0.1, -0.05) is 35.5 Å². The van der Waals surface area contributed by atoms with Crippen LogP contribution in [-0.2, 0) is 7.05 Å². The monoisotopic (exact) mass is 563 g/mol.